The second-order valence-electron chi connectivity index (χ2n) is 6.04. The number of nitrogens with one attached hydrogen (secondary N) is 1. The third kappa shape index (κ3) is 3.40. The minimum atomic E-state index is 0.394. The monoisotopic (exact) mass is 254 g/mol. The zero-order valence-corrected chi connectivity index (χ0v) is 12.3. The average molecular weight is 254 g/mol. The molecule has 0 amide bonds. The Labute approximate surface area is 110 Å². The van der Waals surface area contributed by atoms with Crippen LogP contribution < -0.4 is 5.32 Å². The van der Waals surface area contributed by atoms with Gasteiger partial charge >= 0.3 is 0 Å². The first-order chi connectivity index (χ1) is 8.13. The molecule has 0 aromatic heterocycles. The van der Waals surface area contributed by atoms with Gasteiger partial charge in [0.05, 0.1) is 0 Å². The lowest BCUT2D eigenvalue weighted by Crippen LogP contribution is -2.46. The standard InChI is InChI=1S/C14H26N2S/c1-4-11(2)9-15-13-16-14(10-17-13)7-5-12(3)6-8-14/h11-12H,4-10H2,1-3H3,(H,15,16). The van der Waals surface area contributed by atoms with Gasteiger partial charge in [0, 0.05) is 17.8 Å². The molecule has 98 valence electrons. The third-order valence-electron chi connectivity index (χ3n) is 4.33. The highest BCUT2D eigenvalue weighted by atomic mass is 32.2. The number of amidine groups is 1. The summed E-state index contributed by atoms with van der Waals surface area (Å²) < 4.78 is 0. The van der Waals surface area contributed by atoms with Gasteiger partial charge in [-0.2, -0.15) is 0 Å². The quantitative estimate of drug-likeness (QED) is 0.831. The number of aliphatic imine (C=N–C) groups is 1. The zero-order valence-electron chi connectivity index (χ0n) is 11.5. The van der Waals surface area contributed by atoms with E-state index in [9.17, 15) is 0 Å². The molecule has 1 spiro atoms. The van der Waals surface area contributed by atoms with Crippen LogP contribution in [0.3, 0.4) is 0 Å². The van der Waals surface area contributed by atoms with Crippen molar-refractivity contribution >= 4 is 16.9 Å². The summed E-state index contributed by atoms with van der Waals surface area (Å²) in [5.41, 5.74) is 0.394. The van der Waals surface area contributed by atoms with E-state index in [0.29, 0.717) is 11.5 Å². The maximum absolute atomic E-state index is 4.73. The van der Waals surface area contributed by atoms with Gasteiger partial charge in [-0.3, -0.25) is 4.99 Å². The largest absolute Gasteiger partial charge is 0.359 e. The molecule has 0 aromatic rings. The van der Waals surface area contributed by atoms with Crippen LogP contribution in [0.4, 0.5) is 0 Å². The predicted molar refractivity (Wildman–Crippen MR) is 77.7 cm³/mol. The van der Waals surface area contributed by atoms with E-state index >= 15 is 0 Å². The van der Waals surface area contributed by atoms with E-state index in [4.69, 9.17) is 4.99 Å². The van der Waals surface area contributed by atoms with Crippen molar-refractivity contribution in [2.45, 2.75) is 58.4 Å². The van der Waals surface area contributed by atoms with Gasteiger partial charge in [0.25, 0.3) is 0 Å². The molecule has 1 unspecified atom stereocenters. The fourth-order valence-electron chi connectivity index (χ4n) is 2.54. The highest BCUT2D eigenvalue weighted by Gasteiger charge is 2.39. The second kappa shape index (κ2) is 5.64. The Hall–Kier alpha value is -0.180. The number of hydrogen-bond acceptors (Lipinski definition) is 2. The molecule has 1 saturated carbocycles. The Morgan fingerprint density at radius 3 is 2.82 bits per heavy atom. The van der Waals surface area contributed by atoms with Crippen molar-refractivity contribution in [1.82, 2.24) is 5.32 Å². The number of nitrogens with zero attached hydrogens (tertiary/aromatic N) is 1. The topological polar surface area (TPSA) is 24.4 Å². The summed E-state index contributed by atoms with van der Waals surface area (Å²) in [6.07, 6.45) is 6.66. The molecule has 2 fully saturated rings. The maximum atomic E-state index is 4.73. The van der Waals surface area contributed by atoms with E-state index in [-0.39, 0.29) is 0 Å². The lowest BCUT2D eigenvalue weighted by Gasteiger charge is -2.35. The van der Waals surface area contributed by atoms with Crippen molar-refractivity contribution in [2.24, 2.45) is 16.8 Å². The lowest BCUT2D eigenvalue weighted by molar-refractivity contribution is 0.250. The molecule has 3 heteroatoms. The number of hydrogen-bond donors (Lipinski definition) is 1. The lowest BCUT2D eigenvalue weighted by atomic mass is 9.78. The summed E-state index contributed by atoms with van der Waals surface area (Å²) in [6, 6.07) is 0. The number of thioether (sulfide) groups is 1. The Bertz CT molecular complexity index is 280. The summed E-state index contributed by atoms with van der Waals surface area (Å²) in [7, 11) is 0. The predicted octanol–water partition coefficient (Wildman–Crippen LogP) is 3.67. The van der Waals surface area contributed by atoms with Crippen molar-refractivity contribution in [2.75, 3.05) is 12.3 Å². The van der Waals surface area contributed by atoms with Gasteiger partial charge in [-0.05, 0) is 37.5 Å². The van der Waals surface area contributed by atoms with Crippen LogP contribution in [0.1, 0.15) is 52.9 Å². The van der Waals surface area contributed by atoms with Gasteiger partial charge in [-0.25, -0.2) is 0 Å². The van der Waals surface area contributed by atoms with E-state index in [1.807, 2.05) is 11.8 Å². The molecule has 2 nitrogen and oxygen atoms in total. The van der Waals surface area contributed by atoms with Crippen LogP contribution in [-0.2, 0) is 0 Å². The van der Waals surface area contributed by atoms with Crippen molar-refractivity contribution in [1.29, 1.82) is 0 Å². The Morgan fingerprint density at radius 1 is 1.47 bits per heavy atom. The van der Waals surface area contributed by atoms with Gasteiger partial charge < -0.3 is 5.32 Å². The summed E-state index contributed by atoms with van der Waals surface area (Å²) in [5.74, 6) is 2.88. The molecule has 1 atom stereocenters. The van der Waals surface area contributed by atoms with Crippen LogP contribution in [-0.4, -0.2) is 23.0 Å². The minimum Gasteiger partial charge on any atom is -0.359 e. The van der Waals surface area contributed by atoms with Gasteiger partial charge in [0.2, 0.25) is 0 Å². The highest BCUT2D eigenvalue weighted by Crippen LogP contribution is 2.38. The van der Waals surface area contributed by atoms with Gasteiger partial charge in [-0.1, -0.05) is 39.0 Å². The molecular formula is C14H26N2S. The van der Waals surface area contributed by atoms with Crippen LogP contribution >= 0.6 is 11.8 Å². The Kier molecular flexibility index (Phi) is 4.40. The Morgan fingerprint density at radius 2 is 2.18 bits per heavy atom. The fraction of sp³-hybridized carbons (Fsp3) is 0.929. The van der Waals surface area contributed by atoms with E-state index < -0.39 is 0 Å². The SMILES string of the molecule is CCC(C)CN=C1NC2(CCC(C)CC2)CS1. The molecule has 2 rings (SSSR count). The summed E-state index contributed by atoms with van der Waals surface area (Å²) in [6.45, 7) is 7.89. The molecule has 0 bridgehead atoms. The smallest absolute Gasteiger partial charge is 0.157 e. The Balaban J connectivity index is 1.86. The molecule has 1 N–H and O–H groups in total. The molecule has 2 aliphatic rings. The van der Waals surface area contributed by atoms with Gasteiger partial charge in [0.1, 0.15) is 0 Å². The van der Waals surface area contributed by atoms with Crippen LogP contribution in [0.25, 0.3) is 0 Å². The van der Waals surface area contributed by atoms with Crippen molar-refractivity contribution in [3.05, 3.63) is 0 Å². The van der Waals surface area contributed by atoms with E-state index in [1.54, 1.807) is 0 Å². The molecule has 1 heterocycles. The summed E-state index contributed by atoms with van der Waals surface area (Å²) in [5, 5.41) is 4.93. The summed E-state index contributed by atoms with van der Waals surface area (Å²) >= 11 is 1.94. The molecule has 1 aliphatic heterocycles. The summed E-state index contributed by atoms with van der Waals surface area (Å²) in [4.78, 5) is 4.73. The second-order valence-corrected chi connectivity index (χ2v) is 7.00. The van der Waals surface area contributed by atoms with Crippen LogP contribution in [0.5, 0.6) is 0 Å². The average Bonchev–Trinajstić information content (AvgIpc) is 2.74. The first-order valence-corrected chi connectivity index (χ1v) is 8.07. The van der Waals surface area contributed by atoms with Crippen LogP contribution in [0.2, 0.25) is 0 Å². The first-order valence-electron chi connectivity index (χ1n) is 7.09. The minimum absolute atomic E-state index is 0.394. The molecular weight excluding hydrogens is 228 g/mol. The van der Waals surface area contributed by atoms with Gasteiger partial charge in [0.15, 0.2) is 5.17 Å². The maximum Gasteiger partial charge on any atom is 0.157 e. The van der Waals surface area contributed by atoms with Crippen molar-refractivity contribution in [3.8, 4) is 0 Å². The van der Waals surface area contributed by atoms with E-state index in [0.717, 1.165) is 12.5 Å². The zero-order chi connectivity index (χ0) is 12.3. The van der Waals surface area contributed by atoms with Gasteiger partial charge in [-0.15, -0.1) is 0 Å². The number of rotatable bonds is 3. The normalized spacial score (nSPS) is 37.4. The fourth-order valence-corrected chi connectivity index (χ4v) is 3.77. The van der Waals surface area contributed by atoms with Crippen LogP contribution in [0, 0.1) is 11.8 Å². The highest BCUT2D eigenvalue weighted by molar-refractivity contribution is 8.14. The van der Waals surface area contributed by atoms with Crippen molar-refractivity contribution < 1.29 is 0 Å². The van der Waals surface area contributed by atoms with E-state index in [2.05, 4.69) is 26.1 Å². The van der Waals surface area contributed by atoms with Crippen LogP contribution in [0.15, 0.2) is 4.99 Å². The molecule has 0 radical (unpaired) electrons. The first kappa shape index (κ1) is 13.3. The van der Waals surface area contributed by atoms with E-state index in [1.165, 1.54) is 43.0 Å². The molecule has 0 aromatic carbocycles. The molecule has 1 aliphatic carbocycles. The molecule has 1 saturated heterocycles. The molecule has 17 heavy (non-hydrogen) atoms. The third-order valence-corrected chi connectivity index (χ3v) is 5.53. The van der Waals surface area contributed by atoms with Crippen molar-refractivity contribution in [3.63, 3.8) is 0 Å².